The van der Waals surface area contributed by atoms with Gasteiger partial charge in [0.05, 0.1) is 0 Å². The summed E-state index contributed by atoms with van der Waals surface area (Å²) < 4.78 is 11.4. The average Bonchev–Trinajstić information content (AvgIpc) is 3.17. The Morgan fingerprint density at radius 2 is 2.26 bits per heavy atom. The molecule has 0 bridgehead atoms. The summed E-state index contributed by atoms with van der Waals surface area (Å²) in [6, 6.07) is 7.57. The summed E-state index contributed by atoms with van der Waals surface area (Å²) in [5, 5.41) is 6.91. The van der Waals surface area contributed by atoms with Crippen molar-refractivity contribution in [2.75, 3.05) is 18.1 Å². The van der Waals surface area contributed by atoms with Crippen LogP contribution in [0.1, 0.15) is 28.2 Å². The highest BCUT2D eigenvalue weighted by Gasteiger charge is 2.15. The van der Waals surface area contributed by atoms with Crippen molar-refractivity contribution in [3.63, 3.8) is 0 Å². The molecule has 0 saturated heterocycles. The number of rotatable bonds is 6. The van der Waals surface area contributed by atoms with Gasteiger partial charge in [0.25, 0.3) is 0 Å². The predicted octanol–water partition coefficient (Wildman–Crippen LogP) is 2.59. The van der Waals surface area contributed by atoms with Crippen molar-refractivity contribution < 1.29 is 9.00 Å². The molecule has 0 saturated carbocycles. The zero-order valence-corrected chi connectivity index (χ0v) is 16.1. The van der Waals surface area contributed by atoms with Crippen LogP contribution in [0.4, 0.5) is 5.69 Å². The third-order valence-electron chi connectivity index (χ3n) is 4.33. The number of nitrogens with zero attached hydrogens (tertiary/aromatic N) is 2. The van der Waals surface area contributed by atoms with Gasteiger partial charge in [-0.05, 0) is 53.5 Å². The van der Waals surface area contributed by atoms with Gasteiger partial charge in [-0.25, -0.2) is 0 Å². The number of hydrogen-bond acceptors (Lipinski definition) is 5. The van der Waals surface area contributed by atoms with Gasteiger partial charge in [-0.2, -0.15) is 5.10 Å². The van der Waals surface area contributed by atoms with Crippen LogP contribution in [0.5, 0.6) is 0 Å². The van der Waals surface area contributed by atoms with Crippen molar-refractivity contribution >= 4 is 34.7 Å². The fraction of sp³-hybridized carbons (Fsp3) is 0.250. The summed E-state index contributed by atoms with van der Waals surface area (Å²) in [5.41, 5.74) is 7.66. The monoisotopic (exact) mass is 382 g/mol. The van der Waals surface area contributed by atoms with Crippen molar-refractivity contribution in [3.8, 4) is 0 Å². The Kier molecular flexibility index (Phi) is 6.13. The Morgan fingerprint density at radius 1 is 1.41 bits per heavy atom. The lowest BCUT2D eigenvalue weighted by atomic mass is 9.97. The molecule has 1 aromatic carbocycles. The lowest BCUT2D eigenvalue weighted by Gasteiger charge is -2.10. The molecule has 1 aliphatic heterocycles. The molecular formula is C20H22N4O2S. The van der Waals surface area contributed by atoms with Crippen molar-refractivity contribution in [2.24, 2.45) is 5.10 Å². The van der Waals surface area contributed by atoms with Gasteiger partial charge >= 0.3 is 0 Å². The Labute approximate surface area is 161 Å². The summed E-state index contributed by atoms with van der Waals surface area (Å²) in [6.45, 7) is 2.69. The van der Waals surface area contributed by atoms with E-state index in [0.717, 1.165) is 28.8 Å². The van der Waals surface area contributed by atoms with E-state index in [2.05, 4.69) is 20.8 Å². The van der Waals surface area contributed by atoms with Gasteiger partial charge in [-0.15, -0.1) is 0 Å². The van der Waals surface area contributed by atoms with E-state index in [1.165, 1.54) is 6.08 Å². The third kappa shape index (κ3) is 5.10. The summed E-state index contributed by atoms with van der Waals surface area (Å²) >= 11 is 0. The topological polar surface area (TPSA) is 83.4 Å². The second-order valence-corrected chi connectivity index (χ2v) is 7.87. The molecule has 1 amide bonds. The van der Waals surface area contributed by atoms with Crippen LogP contribution in [0, 0.1) is 6.92 Å². The molecule has 1 aliphatic rings. The molecule has 1 aromatic heterocycles. The van der Waals surface area contributed by atoms with Gasteiger partial charge in [0.1, 0.15) is 0 Å². The Bertz CT molecular complexity index is 924. The molecule has 0 aliphatic carbocycles. The van der Waals surface area contributed by atoms with E-state index < -0.39 is 10.8 Å². The minimum Gasteiger partial charge on any atom is -0.323 e. The lowest BCUT2D eigenvalue weighted by Crippen LogP contribution is -2.10. The van der Waals surface area contributed by atoms with Crippen LogP contribution in [0.25, 0.3) is 6.08 Å². The number of carbonyl (C=O) groups excluding carboxylic acids is 1. The van der Waals surface area contributed by atoms with E-state index in [0.29, 0.717) is 11.4 Å². The van der Waals surface area contributed by atoms with Crippen LogP contribution >= 0.6 is 0 Å². The van der Waals surface area contributed by atoms with Crippen LogP contribution in [-0.4, -0.2) is 34.1 Å². The number of benzene rings is 1. The van der Waals surface area contributed by atoms with Crippen LogP contribution < -0.4 is 10.7 Å². The number of hydrogen-bond donors (Lipinski definition) is 2. The molecule has 0 fully saturated rings. The van der Waals surface area contributed by atoms with E-state index >= 15 is 0 Å². The fourth-order valence-electron chi connectivity index (χ4n) is 2.94. The normalized spacial score (nSPS) is 17.0. The number of anilines is 1. The molecule has 0 radical (unpaired) electrons. The number of amides is 1. The first kappa shape index (κ1) is 19.0. The van der Waals surface area contributed by atoms with Gasteiger partial charge in [0, 0.05) is 65.6 Å². The van der Waals surface area contributed by atoms with E-state index in [9.17, 15) is 9.00 Å². The molecular weight excluding hydrogens is 360 g/mol. The molecule has 2 unspecified atom stereocenters. The molecule has 2 N–H and O–H groups in total. The number of hydrazone groups is 1. The maximum atomic E-state index is 12.3. The minimum absolute atomic E-state index is 0.176. The zero-order chi connectivity index (χ0) is 19.2. The minimum atomic E-state index is -0.890. The number of nitrogens with one attached hydrogen (secondary N) is 2. The quantitative estimate of drug-likeness (QED) is 0.752. The van der Waals surface area contributed by atoms with Crippen molar-refractivity contribution in [2.45, 2.75) is 18.6 Å². The highest BCUT2D eigenvalue weighted by atomic mass is 32.2. The first-order valence-electron chi connectivity index (χ1n) is 8.61. The van der Waals surface area contributed by atoms with Crippen LogP contribution in [0.15, 0.2) is 47.8 Å². The van der Waals surface area contributed by atoms with Crippen molar-refractivity contribution in [1.29, 1.82) is 0 Å². The summed E-state index contributed by atoms with van der Waals surface area (Å²) in [7, 11) is -0.890. The van der Waals surface area contributed by atoms with Gasteiger partial charge < -0.3 is 10.7 Å². The summed E-state index contributed by atoms with van der Waals surface area (Å²) in [5.74, 6) is 0.479. The van der Waals surface area contributed by atoms with E-state index in [1.807, 2.05) is 37.4 Å². The second-order valence-electron chi connectivity index (χ2n) is 6.43. The molecule has 27 heavy (non-hydrogen) atoms. The van der Waals surface area contributed by atoms with Gasteiger partial charge in [0.15, 0.2) is 0 Å². The SMILES string of the molecule is Cc1cc(NC(=O)/C=C/c2cnccc2C2C=NNC2)ccc1CS(C)=O. The Morgan fingerprint density at radius 3 is 2.96 bits per heavy atom. The summed E-state index contributed by atoms with van der Waals surface area (Å²) in [4.78, 5) is 16.4. The number of aromatic nitrogens is 1. The highest BCUT2D eigenvalue weighted by molar-refractivity contribution is 7.83. The van der Waals surface area contributed by atoms with Gasteiger partial charge in [-0.1, -0.05) is 6.07 Å². The predicted molar refractivity (Wildman–Crippen MR) is 110 cm³/mol. The molecule has 3 rings (SSSR count). The highest BCUT2D eigenvalue weighted by Crippen LogP contribution is 2.21. The molecule has 0 spiro atoms. The molecule has 2 aromatic rings. The zero-order valence-electron chi connectivity index (χ0n) is 15.3. The maximum Gasteiger partial charge on any atom is 0.248 e. The molecule has 2 heterocycles. The van der Waals surface area contributed by atoms with Gasteiger partial charge in [0.2, 0.25) is 5.91 Å². The smallest absolute Gasteiger partial charge is 0.248 e. The number of pyridine rings is 1. The number of aryl methyl sites for hydroxylation is 1. The van der Waals surface area contributed by atoms with E-state index in [4.69, 9.17) is 0 Å². The fourth-order valence-corrected chi connectivity index (χ4v) is 3.70. The van der Waals surface area contributed by atoms with Crippen LogP contribution in [0.3, 0.4) is 0 Å². The summed E-state index contributed by atoms with van der Waals surface area (Å²) in [6.07, 6.45) is 10.3. The first-order chi connectivity index (χ1) is 13.0. The molecule has 2 atom stereocenters. The Balaban J connectivity index is 1.69. The standard InChI is InChI=1S/C20H22N4O2S/c1-14-9-18(5-3-16(14)13-27(2)26)24-20(25)6-4-15-10-21-8-7-19(15)17-11-22-23-12-17/h3-11,17,23H,12-13H2,1-2H3,(H,24,25)/b6-4+. The molecule has 7 heteroatoms. The molecule has 6 nitrogen and oxygen atoms in total. The van der Waals surface area contributed by atoms with E-state index in [1.54, 1.807) is 24.7 Å². The maximum absolute atomic E-state index is 12.3. The van der Waals surface area contributed by atoms with Crippen molar-refractivity contribution in [3.05, 3.63) is 65.0 Å². The van der Waals surface area contributed by atoms with E-state index in [-0.39, 0.29) is 11.8 Å². The second kappa shape index (κ2) is 8.73. The number of carbonyl (C=O) groups is 1. The third-order valence-corrected chi connectivity index (χ3v) is 5.04. The van der Waals surface area contributed by atoms with Crippen LogP contribution in [-0.2, 0) is 21.3 Å². The van der Waals surface area contributed by atoms with Crippen LogP contribution in [0.2, 0.25) is 0 Å². The molecule has 140 valence electrons. The van der Waals surface area contributed by atoms with Gasteiger partial charge in [-0.3, -0.25) is 14.0 Å². The Hall–Kier alpha value is -2.80. The largest absolute Gasteiger partial charge is 0.323 e. The average molecular weight is 382 g/mol. The first-order valence-corrected chi connectivity index (χ1v) is 10.3. The van der Waals surface area contributed by atoms with Crippen molar-refractivity contribution in [1.82, 2.24) is 10.4 Å². The lowest BCUT2D eigenvalue weighted by molar-refractivity contribution is -0.111.